The van der Waals surface area contributed by atoms with Crippen LogP contribution in [0, 0.1) is 17.8 Å². The van der Waals surface area contributed by atoms with Gasteiger partial charge in [0, 0.05) is 12.5 Å². The van der Waals surface area contributed by atoms with Crippen molar-refractivity contribution in [3.05, 3.63) is 12.2 Å². The molecule has 62 valence electrons. The summed E-state index contributed by atoms with van der Waals surface area (Å²) < 4.78 is 0. The number of rotatable bonds is 3. The first-order valence-corrected chi connectivity index (χ1v) is 3.68. The second kappa shape index (κ2) is 3.05. The predicted octanol–water partition coefficient (Wildman–Crippen LogP) is 0.502. The molecule has 0 radical (unpaired) electrons. The molecule has 1 saturated carbocycles. The Bertz CT molecular complexity index is 186. The minimum absolute atomic E-state index is 0.0219. The molecule has 3 nitrogen and oxygen atoms in total. The van der Waals surface area contributed by atoms with E-state index in [1.807, 2.05) is 19.1 Å². The Morgan fingerprint density at radius 2 is 2.27 bits per heavy atom. The fraction of sp³-hybridized carbons (Fsp3) is 0.625. The van der Waals surface area contributed by atoms with Crippen LogP contribution in [0.5, 0.6) is 0 Å². The highest BCUT2D eigenvalue weighted by molar-refractivity contribution is 5.75. The summed E-state index contributed by atoms with van der Waals surface area (Å²) in [6, 6.07) is 0. The van der Waals surface area contributed by atoms with E-state index in [9.17, 15) is 4.79 Å². The van der Waals surface area contributed by atoms with Gasteiger partial charge in [-0.1, -0.05) is 12.2 Å². The van der Waals surface area contributed by atoms with Crippen LogP contribution in [0.15, 0.2) is 12.2 Å². The average Bonchev–Trinajstić information content (AvgIpc) is 2.63. The standard InChI is InChI=1S/C8H12O3/c1-2-3-5-6(4-9)7(5)8(10)11/h2-3,5-7,9H,4H2,1H3,(H,10,11)/t5-,6-,7-/m0/s1. The average molecular weight is 156 g/mol. The Balaban J connectivity index is 2.52. The number of allylic oxidation sites excluding steroid dienone is 2. The lowest BCUT2D eigenvalue weighted by Gasteiger charge is -1.84. The normalized spacial score (nSPS) is 36.0. The summed E-state index contributed by atoms with van der Waals surface area (Å²) in [6.45, 7) is 1.83. The van der Waals surface area contributed by atoms with Gasteiger partial charge in [-0.25, -0.2) is 0 Å². The van der Waals surface area contributed by atoms with Crippen molar-refractivity contribution in [2.75, 3.05) is 6.61 Å². The molecule has 1 aliphatic rings. The van der Waals surface area contributed by atoms with Crippen LogP contribution in [-0.4, -0.2) is 22.8 Å². The molecule has 0 aromatic carbocycles. The molecular formula is C8H12O3. The summed E-state index contributed by atoms with van der Waals surface area (Å²) in [5.74, 6) is -1.14. The van der Waals surface area contributed by atoms with Crippen molar-refractivity contribution in [3.63, 3.8) is 0 Å². The molecule has 0 heterocycles. The maximum atomic E-state index is 10.5. The summed E-state index contributed by atoms with van der Waals surface area (Å²) >= 11 is 0. The molecule has 0 saturated heterocycles. The highest BCUT2D eigenvalue weighted by Gasteiger charge is 2.52. The van der Waals surface area contributed by atoms with Crippen molar-refractivity contribution in [1.82, 2.24) is 0 Å². The number of hydrogen-bond donors (Lipinski definition) is 2. The van der Waals surface area contributed by atoms with E-state index in [2.05, 4.69) is 0 Å². The first-order valence-electron chi connectivity index (χ1n) is 3.68. The Kier molecular flexibility index (Phi) is 2.29. The van der Waals surface area contributed by atoms with Gasteiger partial charge in [-0.3, -0.25) is 4.79 Å². The van der Waals surface area contributed by atoms with E-state index < -0.39 is 5.97 Å². The summed E-state index contributed by atoms with van der Waals surface area (Å²) in [5, 5.41) is 17.3. The fourth-order valence-corrected chi connectivity index (χ4v) is 1.47. The molecule has 11 heavy (non-hydrogen) atoms. The van der Waals surface area contributed by atoms with Crippen LogP contribution in [-0.2, 0) is 4.79 Å². The molecule has 0 aromatic rings. The minimum atomic E-state index is -0.799. The first-order chi connectivity index (χ1) is 5.22. The maximum absolute atomic E-state index is 10.5. The van der Waals surface area contributed by atoms with Crippen LogP contribution in [0.3, 0.4) is 0 Å². The lowest BCUT2D eigenvalue weighted by Crippen LogP contribution is -2.01. The highest BCUT2D eigenvalue weighted by atomic mass is 16.4. The van der Waals surface area contributed by atoms with E-state index in [4.69, 9.17) is 10.2 Å². The molecule has 1 aliphatic carbocycles. The zero-order chi connectivity index (χ0) is 8.43. The first kappa shape index (κ1) is 8.27. The van der Waals surface area contributed by atoms with Crippen LogP contribution in [0.4, 0.5) is 0 Å². The van der Waals surface area contributed by atoms with E-state index in [0.717, 1.165) is 0 Å². The lowest BCUT2D eigenvalue weighted by atomic mass is 10.3. The van der Waals surface area contributed by atoms with Gasteiger partial charge in [0.05, 0.1) is 5.92 Å². The smallest absolute Gasteiger partial charge is 0.307 e. The summed E-state index contributed by atoms with van der Waals surface area (Å²) in [7, 11) is 0. The fourth-order valence-electron chi connectivity index (χ4n) is 1.47. The maximum Gasteiger partial charge on any atom is 0.307 e. The molecule has 2 N–H and O–H groups in total. The van der Waals surface area contributed by atoms with Crippen molar-refractivity contribution in [3.8, 4) is 0 Å². The number of hydrogen-bond acceptors (Lipinski definition) is 2. The van der Waals surface area contributed by atoms with Gasteiger partial charge >= 0.3 is 5.97 Å². The largest absolute Gasteiger partial charge is 0.481 e. The van der Waals surface area contributed by atoms with Gasteiger partial charge in [-0.05, 0) is 12.8 Å². The topological polar surface area (TPSA) is 57.5 Å². The Morgan fingerprint density at radius 3 is 2.55 bits per heavy atom. The molecule has 1 rings (SSSR count). The molecule has 0 unspecified atom stereocenters. The number of carbonyl (C=O) groups is 1. The second-order valence-corrected chi connectivity index (χ2v) is 2.81. The molecule has 0 spiro atoms. The second-order valence-electron chi connectivity index (χ2n) is 2.81. The van der Waals surface area contributed by atoms with Gasteiger partial charge in [0.25, 0.3) is 0 Å². The van der Waals surface area contributed by atoms with Gasteiger partial charge in [0.2, 0.25) is 0 Å². The van der Waals surface area contributed by atoms with Crippen LogP contribution >= 0.6 is 0 Å². The third kappa shape index (κ3) is 1.43. The highest BCUT2D eigenvalue weighted by Crippen LogP contribution is 2.46. The molecule has 1 fully saturated rings. The summed E-state index contributed by atoms with van der Waals surface area (Å²) in [6.07, 6.45) is 3.68. The Morgan fingerprint density at radius 1 is 1.64 bits per heavy atom. The monoisotopic (exact) mass is 156 g/mol. The van der Waals surface area contributed by atoms with Gasteiger partial charge in [0.1, 0.15) is 0 Å². The Labute approximate surface area is 65.3 Å². The zero-order valence-corrected chi connectivity index (χ0v) is 6.40. The Hall–Kier alpha value is -0.830. The molecule has 0 bridgehead atoms. The van der Waals surface area contributed by atoms with Crippen molar-refractivity contribution < 1.29 is 15.0 Å². The van der Waals surface area contributed by atoms with Crippen LogP contribution in [0.2, 0.25) is 0 Å². The molecule has 0 aliphatic heterocycles. The van der Waals surface area contributed by atoms with Crippen molar-refractivity contribution >= 4 is 5.97 Å². The number of aliphatic hydroxyl groups is 1. The van der Waals surface area contributed by atoms with E-state index >= 15 is 0 Å². The van der Waals surface area contributed by atoms with Crippen molar-refractivity contribution in [2.45, 2.75) is 6.92 Å². The SMILES string of the molecule is CC=C[C@H]1[C@H](CO)[C@H]1C(=O)O. The van der Waals surface area contributed by atoms with Crippen LogP contribution < -0.4 is 0 Å². The van der Waals surface area contributed by atoms with Crippen molar-refractivity contribution in [1.29, 1.82) is 0 Å². The number of carboxylic acid groups (broad SMARTS) is 1. The van der Waals surface area contributed by atoms with Gasteiger partial charge in [0.15, 0.2) is 0 Å². The quantitative estimate of drug-likeness (QED) is 0.585. The van der Waals surface area contributed by atoms with Gasteiger partial charge in [-0.2, -0.15) is 0 Å². The van der Waals surface area contributed by atoms with E-state index in [0.29, 0.717) is 0 Å². The lowest BCUT2D eigenvalue weighted by molar-refractivity contribution is -0.139. The van der Waals surface area contributed by atoms with Crippen molar-refractivity contribution in [2.24, 2.45) is 17.8 Å². The van der Waals surface area contributed by atoms with Crippen LogP contribution in [0.1, 0.15) is 6.92 Å². The van der Waals surface area contributed by atoms with E-state index in [1.165, 1.54) is 0 Å². The van der Waals surface area contributed by atoms with E-state index in [1.54, 1.807) is 0 Å². The molecule has 0 aromatic heterocycles. The molecule has 3 heteroatoms. The van der Waals surface area contributed by atoms with Gasteiger partial charge in [-0.15, -0.1) is 0 Å². The third-order valence-corrected chi connectivity index (χ3v) is 2.14. The van der Waals surface area contributed by atoms with E-state index in [-0.39, 0.29) is 24.4 Å². The predicted molar refractivity (Wildman–Crippen MR) is 40.0 cm³/mol. The number of carboxylic acids is 1. The number of aliphatic hydroxyl groups excluding tert-OH is 1. The third-order valence-electron chi connectivity index (χ3n) is 2.14. The summed E-state index contributed by atoms with van der Waals surface area (Å²) in [4.78, 5) is 10.5. The number of aliphatic carboxylic acids is 1. The molecule has 0 amide bonds. The zero-order valence-electron chi connectivity index (χ0n) is 6.40. The van der Waals surface area contributed by atoms with Gasteiger partial charge < -0.3 is 10.2 Å². The summed E-state index contributed by atoms with van der Waals surface area (Å²) in [5.41, 5.74) is 0. The molecule has 3 atom stereocenters. The molecular weight excluding hydrogens is 144 g/mol. The van der Waals surface area contributed by atoms with Crippen LogP contribution in [0.25, 0.3) is 0 Å². The minimum Gasteiger partial charge on any atom is -0.481 e.